The standard InChI is InChI=1S/C16H26BrN3O/c1-19-8-4-5-13(11-19)20(2)15(10-18)14-9-12(17)6-7-16(14)21-3/h6-7,9,13,15H,4-5,8,10-11,18H2,1-3H3. The van der Waals surface area contributed by atoms with Crippen LogP contribution in [0, 0.1) is 0 Å². The Morgan fingerprint density at radius 1 is 1.52 bits per heavy atom. The predicted octanol–water partition coefficient (Wildman–Crippen LogP) is 2.48. The van der Waals surface area contributed by atoms with Crippen LogP contribution in [0.4, 0.5) is 0 Å². The third-order valence-corrected chi connectivity index (χ3v) is 4.93. The number of likely N-dealkylation sites (N-methyl/N-ethyl adjacent to an activating group) is 2. The second-order valence-corrected chi connectivity index (χ2v) is 6.78. The Balaban J connectivity index is 2.24. The summed E-state index contributed by atoms with van der Waals surface area (Å²) < 4.78 is 6.59. The Hall–Kier alpha value is -0.620. The van der Waals surface area contributed by atoms with Crippen molar-refractivity contribution in [1.29, 1.82) is 0 Å². The van der Waals surface area contributed by atoms with Crippen molar-refractivity contribution < 1.29 is 4.74 Å². The van der Waals surface area contributed by atoms with E-state index in [2.05, 4.69) is 45.9 Å². The molecule has 2 N–H and O–H groups in total. The van der Waals surface area contributed by atoms with Crippen molar-refractivity contribution in [3.63, 3.8) is 0 Å². The number of nitrogens with zero attached hydrogens (tertiary/aromatic N) is 2. The zero-order chi connectivity index (χ0) is 15.4. The van der Waals surface area contributed by atoms with Crippen LogP contribution in [-0.4, -0.2) is 56.7 Å². The molecule has 118 valence electrons. The van der Waals surface area contributed by atoms with E-state index in [4.69, 9.17) is 10.5 Å². The van der Waals surface area contributed by atoms with Gasteiger partial charge in [0.15, 0.2) is 0 Å². The van der Waals surface area contributed by atoms with Crippen molar-refractivity contribution in [2.75, 3.05) is 40.8 Å². The van der Waals surface area contributed by atoms with Gasteiger partial charge in [0.1, 0.15) is 5.75 Å². The summed E-state index contributed by atoms with van der Waals surface area (Å²) in [6, 6.07) is 6.85. The highest BCUT2D eigenvalue weighted by molar-refractivity contribution is 9.10. The van der Waals surface area contributed by atoms with Gasteiger partial charge >= 0.3 is 0 Å². The monoisotopic (exact) mass is 355 g/mol. The van der Waals surface area contributed by atoms with Crippen LogP contribution in [0.5, 0.6) is 5.75 Å². The molecule has 1 heterocycles. The predicted molar refractivity (Wildman–Crippen MR) is 90.8 cm³/mol. The van der Waals surface area contributed by atoms with Crippen LogP contribution in [0.15, 0.2) is 22.7 Å². The van der Waals surface area contributed by atoms with Crippen LogP contribution < -0.4 is 10.5 Å². The summed E-state index contributed by atoms with van der Waals surface area (Å²) in [4.78, 5) is 4.82. The van der Waals surface area contributed by atoms with Crippen LogP contribution in [-0.2, 0) is 0 Å². The number of halogens is 1. The fourth-order valence-electron chi connectivity index (χ4n) is 3.20. The van der Waals surface area contributed by atoms with Crippen molar-refractivity contribution in [2.24, 2.45) is 5.73 Å². The van der Waals surface area contributed by atoms with Crippen LogP contribution in [0.2, 0.25) is 0 Å². The molecule has 0 bridgehead atoms. The lowest BCUT2D eigenvalue weighted by Gasteiger charge is -2.40. The lowest BCUT2D eigenvalue weighted by molar-refractivity contribution is 0.0999. The number of rotatable bonds is 5. The van der Waals surface area contributed by atoms with Gasteiger partial charge in [0, 0.05) is 29.2 Å². The van der Waals surface area contributed by atoms with E-state index >= 15 is 0 Å². The Kier molecular flexibility index (Phi) is 6.05. The highest BCUT2D eigenvalue weighted by atomic mass is 79.9. The first-order valence-corrected chi connectivity index (χ1v) is 8.30. The first-order valence-electron chi connectivity index (χ1n) is 7.50. The lowest BCUT2D eigenvalue weighted by Crippen LogP contribution is -2.47. The fraction of sp³-hybridized carbons (Fsp3) is 0.625. The molecular formula is C16H26BrN3O. The van der Waals surface area contributed by atoms with E-state index in [-0.39, 0.29) is 6.04 Å². The van der Waals surface area contributed by atoms with Crippen LogP contribution in [0.3, 0.4) is 0 Å². The number of hydrogen-bond acceptors (Lipinski definition) is 4. The molecule has 1 aromatic carbocycles. The zero-order valence-corrected chi connectivity index (χ0v) is 14.8. The van der Waals surface area contributed by atoms with Gasteiger partial charge in [0.2, 0.25) is 0 Å². The topological polar surface area (TPSA) is 41.7 Å². The van der Waals surface area contributed by atoms with E-state index in [1.807, 2.05) is 12.1 Å². The molecule has 0 radical (unpaired) electrons. The fourth-order valence-corrected chi connectivity index (χ4v) is 3.58. The summed E-state index contributed by atoms with van der Waals surface area (Å²) >= 11 is 3.55. The molecule has 2 unspecified atom stereocenters. The average Bonchev–Trinajstić information content (AvgIpc) is 2.48. The molecule has 4 nitrogen and oxygen atoms in total. The largest absolute Gasteiger partial charge is 0.496 e. The van der Waals surface area contributed by atoms with E-state index in [0.29, 0.717) is 12.6 Å². The average molecular weight is 356 g/mol. The summed E-state index contributed by atoms with van der Waals surface area (Å²) in [6.45, 7) is 2.88. The van der Waals surface area contributed by atoms with E-state index < -0.39 is 0 Å². The number of piperidine rings is 1. The molecule has 0 aromatic heterocycles. The summed E-state index contributed by atoms with van der Waals surface area (Å²) in [5.41, 5.74) is 7.25. The molecule has 0 saturated carbocycles. The van der Waals surface area contributed by atoms with Crippen LogP contribution in [0.1, 0.15) is 24.4 Å². The molecular weight excluding hydrogens is 330 g/mol. The number of nitrogens with two attached hydrogens (primary N) is 1. The molecule has 1 aliphatic heterocycles. The number of likely N-dealkylation sites (tertiary alicyclic amines) is 1. The second kappa shape index (κ2) is 7.58. The van der Waals surface area contributed by atoms with E-state index in [1.165, 1.54) is 19.4 Å². The molecule has 21 heavy (non-hydrogen) atoms. The van der Waals surface area contributed by atoms with Gasteiger partial charge in [-0.2, -0.15) is 0 Å². The van der Waals surface area contributed by atoms with Gasteiger partial charge in [0.05, 0.1) is 13.2 Å². The molecule has 0 spiro atoms. The van der Waals surface area contributed by atoms with Gasteiger partial charge < -0.3 is 15.4 Å². The van der Waals surface area contributed by atoms with E-state index in [9.17, 15) is 0 Å². The maximum Gasteiger partial charge on any atom is 0.123 e. The van der Waals surface area contributed by atoms with Crippen molar-refractivity contribution in [2.45, 2.75) is 24.9 Å². The summed E-state index contributed by atoms with van der Waals surface area (Å²) in [5, 5.41) is 0. The Morgan fingerprint density at radius 2 is 2.29 bits per heavy atom. The minimum atomic E-state index is 0.175. The summed E-state index contributed by atoms with van der Waals surface area (Å²) in [7, 11) is 6.09. The third-order valence-electron chi connectivity index (χ3n) is 4.44. The quantitative estimate of drug-likeness (QED) is 0.880. The Bertz CT molecular complexity index is 469. The molecule has 1 aromatic rings. The van der Waals surface area contributed by atoms with E-state index in [0.717, 1.165) is 22.3 Å². The first-order chi connectivity index (χ1) is 10.1. The molecule has 5 heteroatoms. The van der Waals surface area contributed by atoms with E-state index in [1.54, 1.807) is 7.11 Å². The second-order valence-electron chi connectivity index (χ2n) is 5.86. The van der Waals surface area contributed by atoms with Crippen molar-refractivity contribution in [3.8, 4) is 5.75 Å². The van der Waals surface area contributed by atoms with Crippen molar-refractivity contribution in [1.82, 2.24) is 9.80 Å². The molecule has 1 saturated heterocycles. The first kappa shape index (κ1) is 16.7. The van der Waals surface area contributed by atoms with Gasteiger partial charge in [-0.1, -0.05) is 15.9 Å². The Morgan fingerprint density at radius 3 is 2.90 bits per heavy atom. The van der Waals surface area contributed by atoms with Gasteiger partial charge in [-0.25, -0.2) is 0 Å². The van der Waals surface area contributed by atoms with Crippen molar-refractivity contribution >= 4 is 15.9 Å². The minimum absolute atomic E-state index is 0.175. The molecule has 2 atom stereocenters. The molecule has 0 amide bonds. The van der Waals surface area contributed by atoms with Gasteiger partial charge in [-0.3, -0.25) is 4.90 Å². The number of benzene rings is 1. The SMILES string of the molecule is COc1ccc(Br)cc1C(CN)N(C)C1CCCN(C)C1. The molecule has 1 aliphatic rings. The molecule has 2 rings (SSSR count). The highest BCUT2D eigenvalue weighted by Gasteiger charge is 2.28. The maximum absolute atomic E-state index is 6.09. The van der Waals surface area contributed by atoms with Gasteiger partial charge in [0.25, 0.3) is 0 Å². The van der Waals surface area contributed by atoms with Crippen LogP contribution >= 0.6 is 15.9 Å². The van der Waals surface area contributed by atoms with Gasteiger partial charge in [-0.05, 0) is 51.7 Å². The number of hydrogen-bond donors (Lipinski definition) is 1. The van der Waals surface area contributed by atoms with Crippen LogP contribution in [0.25, 0.3) is 0 Å². The number of methoxy groups -OCH3 is 1. The summed E-state index contributed by atoms with van der Waals surface area (Å²) in [6.07, 6.45) is 2.48. The van der Waals surface area contributed by atoms with Crippen molar-refractivity contribution in [3.05, 3.63) is 28.2 Å². The normalized spacial score (nSPS) is 21.5. The Labute approximate surface area is 136 Å². The summed E-state index contributed by atoms with van der Waals surface area (Å²) in [5.74, 6) is 0.907. The molecule has 0 aliphatic carbocycles. The maximum atomic E-state index is 6.09. The zero-order valence-electron chi connectivity index (χ0n) is 13.2. The lowest BCUT2D eigenvalue weighted by atomic mass is 9.99. The highest BCUT2D eigenvalue weighted by Crippen LogP contribution is 2.33. The number of ether oxygens (including phenoxy) is 1. The minimum Gasteiger partial charge on any atom is -0.496 e. The van der Waals surface area contributed by atoms with Gasteiger partial charge in [-0.15, -0.1) is 0 Å². The molecule has 1 fully saturated rings. The third kappa shape index (κ3) is 3.97. The smallest absolute Gasteiger partial charge is 0.123 e.